The second-order valence-corrected chi connectivity index (χ2v) is 8.42. The normalized spacial score (nSPS) is 14.0. The summed E-state index contributed by atoms with van der Waals surface area (Å²) in [6, 6.07) is 13.5. The lowest BCUT2D eigenvalue weighted by Crippen LogP contribution is -2.17. The smallest absolute Gasteiger partial charge is 0.258 e. The molecule has 33 heavy (non-hydrogen) atoms. The molecule has 1 aliphatic rings. The van der Waals surface area contributed by atoms with Crippen LogP contribution in [0, 0.1) is 11.3 Å². The summed E-state index contributed by atoms with van der Waals surface area (Å²) in [6.45, 7) is 5.20. The highest BCUT2D eigenvalue weighted by molar-refractivity contribution is 6.05. The Bertz CT molecular complexity index is 1210. The monoisotopic (exact) mass is 445 g/mol. The molecule has 0 bridgehead atoms. The van der Waals surface area contributed by atoms with Gasteiger partial charge in [0.25, 0.3) is 5.89 Å². The molecule has 0 radical (unpaired) electrons. The van der Waals surface area contributed by atoms with E-state index in [0.29, 0.717) is 35.2 Å². The highest BCUT2D eigenvalue weighted by Gasteiger charge is 2.24. The van der Waals surface area contributed by atoms with Crippen molar-refractivity contribution in [2.75, 3.05) is 27.2 Å². The average molecular weight is 446 g/mol. The zero-order valence-electron chi connectivity index (χ0n) is 19.3. The van der Waals surface area contributed by atoms with Crippen LogP contribution in [0.1, 0.15) is 37.0 Å². The van der Waals surface area contributed by atoms with Crippen molar-refractivity contribution in [3.05, 3.63) is 53.1 Å². The largest absolute Gasteiger partial charge is 0.490 e. The van der Waals surface area contributed by atoms with E-state index < -0.39 is 0 Å². The lowest BCUT2D eigenvalue weighted by molar-refractivity contribution is 0.126. The number of rotatable bonds is 8. The van der Waals surface area contributed by atoms with Gasteiger partial charge in [0, 0.05) is 23.2 Å². The summed E-state index contributed by atoms with van der Waals surface area (Å²) >= 11 is 0. The Kier molecular flexibility index (Phi) is 6.71. The maximum Gasteiger partial charge on any atom is 0.258 e. The Morgan fingerprint density at radius 3 is 2.76 bits per heavy atom. The Morgan fingerprint density at radius 2 is 2.00 bits per heavy atom. The van der Waals surface area contributed by atoms with E-state index >= 15 is 0 Å². The fraction of sp³-hybridized carbons (Fsp3) is 0.360. The van der Waals surface area contributed by atoms with Gasteiger partial charge in [-0.05, 0) is 64.5 Å². The van der Waals surface area contributed by atoms with E-state index in [1.54, 1.807) is 12.1 Å². The second kappa shape index (κ2) is 9.84. The molecule has 0 saturated heterocycles. The third kappa shape index (κ3) is 5.04. The van der Waals surface area contributed by atoms with Gasteiger partial charge in [-0.15, -0.1) is 0 Å². The van der Waals surface area contributed by atoms with Crippen LogP contribution in [-0.2, 0) is 11.3 Å². The number of fused-ring (bicyclic) bond motifs is 1. The minimum atomic E-state index is -0.0232. The average Bonchev–Trinajstić information content (AvgIpc) is 3.44. The Hall–Kier alpha value is -3.70. The zero-order valence-corrected chi connectivity index (χ0v) is 19.3. The molecule has 8 heteroatoms. The molecule has 4 rings (SSSR count). The number of benzene rings is 2. The minimum Gasteiger partial charge on any atom is -0.490 e. The van der Waals surface area contributed by atoms with E-state index in [2.05, 4.69) is 26.3 Å². The Morgan fingerprint density at radius 1 is 1.18 bits per heavy atom. The van der Waals surface area contributed by atoms with Crippen molar-refractivity contribution in [2.24, 2.45) is 5.16 Å². The first-order valence-electron chi connectivity index (χ1n) is 11.0. The van der Waals surface area contributed by atoms with Crippen molar-refractivity contribution in [3.63, 3.8) is 0 Å². The lowest BCUT2D eigenvalue weighted by atomic mass is 10.0. The Balaban J connectivity index is 1.58. The molecule has 170 valence electrons. The summed E-state index contributed by atoms with van der Waals surface area (Å²) < 4.78 is 11.2. The van der Waals surface area contributed by atoms with Gasteiger partial charge >= 0.3 is 0 Å². The van der Waals surface area contributed by atoms with E-state index in [0.717, 1.165) is 41.8 Å². The summed E-state index contributed by atoms with van der Waals surface area (Å²) in [5.41, 5.74) is 5.15. The molecular formula is C25H27N5O3. The molecule has 0 atom stereocenters. The van der Waals surface area contributed by atoms with Crippen molar-refractivity contribution in [1.29, 1.82) is 5.26 Å². The number of oxime groups is 1. The molecule has 3 aromatic rings. The van der Waals surface area contributed by atoms with Crippen molar-refractivity contribution >= 4 is 5.71 Å². The van der Waals surface area contributed by atoms with Crippen LogP contribution >= 0.6 is 0 Å². The first kappa shape index (κ1) is 22.5. The van der Waals surface area contributed by atoms with Crippen LogP contribution < -0.4 is 4.74 Å². The fourth-order valence-corrected chi connectivity index (χ4v) is 3.71. The van der Waals surface area contributed by atoms with Gasteiger partial charge in [-0.2, -0.15) is 10.2 Å². The standard InChI is InChI=1S/C25H27N5O3/c1-16(2)32-23-11-8-17(14-18(23)15-26)25-27-24(29-33-25)21-7-5-6-20-19(21)9-10-22(20)28-31-13-12-30(3)4/h5-8,11,14,16H,9-10,12-13H2,1-4H3/b28-22-. The maximum atomic E-state index is 9.50. The third-order valence-corrected chi connectivity index (χ3v) is 5.28. The quantitative estimate of drug-likeness (QED) is 0.377. The molecule has 1 aromatic heterocycles. The summed E-state index contributed by atoms with van der Waals surface area (Å²) in [5.74, 6) is 1.41. The summed E-state index contributed by atoms with van der Waals surface area (Å²) in [7, 11) is 4.00. The van der Waals surface area contributed by atoms with Crippen molar-refractivity contribution in [2.45, 2.75) is 32.8 Å². The molecule has 0 amide bonds. The number of hydrogen-bond donors (Lipinski definition) is 0. The number of ether oxygens (including phenoxy) is 1. The van der Waals surface area contributed by atoms with Gasteiger partial charge in [0.1, 0.15) is 18.4 Å². The van der Waals surface area contributed by atoms with Gasteiger partial charge in [0.05, 0.1) is 17.4 Å². The van der Waals surface area contributed by atoms with E-state index in [1.807, 2.05) is 52.2 Å². The van der Waals surface area contributed by atoms with Gasteiger partial charge < -0.3 is 19.0 Å². The first-order valence-corrected chi connectivity index (χ1v) is 11.0. The van der Waals surface area contributed by atoms with E-state index in [1.165, 1.54) is 0 Å². The molecule has 1 aliphatic carbocycles. The minimum absolute atomic E-state index is 0.0232. The molecule has 0 spiro atoms. The highest BCUT2D eigenvalue weighted by atomic mass is 16.6. The van der Waals surface area contributed by atoms with Crippen LogP contribution in [0.25, 0.3) is 22.8 Å². The van der Waals surface area contributed by atoms with Crippen LogP contribution in [0.5, 0.6) is 5.75 Å². The SMILES string of the molecule is CC(C)Oc1ccc(-c2nc(-c3cccc4c3CC/C4=N/OCCN(C)C)no2)cc1C#N. The topological polar surface area (TPSA) is 96.8 Å². The van der Waals surface area contributed by atoms with E-state index in [4.69, 9.17) is 14.1 Å². The van der Waals surface area contributed by atoms with Crippen LogP contribution in [-0.4, -0.2) is 54.1 Å². The second-order valence-electron chi connectivity index (χ2n) is 8.42. The molecule has 0 unspecified atom stereocenters. The summed E-state index contributed by atoms with van der Waals surface area (Å²) in [4.78, 5) is 12.2. The molecule has 1 heterocycles. The van der Waals surface area contributed by atoms with E-state index in [-0.39, 0.29) is 6.10 Å². The van der Waals surface area contributed by atoms with Crippen LogP contribution in [0.3, 0.4) is 0 Å². The van der Waals surface area contributed by atoms with Crippen LogP contribution in [0.15, 0.2) is 46.1 Å². The zero-order chi connectivity index (χ0) is 23.4. The third-order valence-electron chi connectivity index (χ3n) is 5.28. The van der Waals surface area contributed by atoms with Gasteiger partial charge in [0.15, 0.2) is 0 Å². The summed E-state index contributed by atoms with van der Waals surface area (Å²) in [5, 5.41) is 18.1. The highest BCUT2D eigenvalue weighted by Crippen LogP contribution is 2.33. The van der Waals surface area contributed by atoms with Gasteiger partial charge in [-0.3, -0.25) is 0 Å². The van der Waals surface area contributed by atoms with Gasteiger partial charge in [-0.1, -0.05) is 28.5 Å². The molecule has 8 nitrogen and oxygen atoms in total. The fourth-order valence-electron chi connectivity index (χ4n) is 3.71. The number of nitriles is 1. The predicted octanol–water partition coefficient (Wildman–Crippen LogP) is 4.29. The van der Waals surface area contributed by atoms with Crippen molar-refractivity contribution in [1.82, 2.24) is 15.0 Å². The summed E-state index contributed by atoms with van der Waals surface area (Å²) in [6.07, 6.45) is 1.62. The number of hydrogen-bond acceptors (Lipinski definition) is 8. The number of aromatic nitrogens is 2. The molecule has 0 aliphatic heterocycles. The Labute approximate surface area is 193 Å². The van der Waals surface area contributed by atoms with Crippen LogP contribution in [0.2, 0.25) is 0 Å². The van der Waals surface area contributed by atoms with Gasteiger partial charge in [-0.25, -0.2) is 0 Å². The van der Waals surface area contributed by atoms with Crippen molar-refractivity contribution < 1.29 is 14.1 Å². The first-order chi connectivity index (χ1) is 16.0. The lowest BCUT2D eigenvalue weighted by Gasteiger charge is -2.11. The molecular weight excluding hydrogens is 418 g/mol. The molecule has 2 aromatic carbocycles. The predicted molar refractivity (Wildman–Crippen MR) is 125 cm³/mol. The number of nitrogens with zero attached hydrogens (tertiary/aromatic N) is 5. The molecule has 0 saturated carbocycles. The molecule has 0 N–H and O–H groups in total. The number of likely N-dealkylation sites (N-methyl/N-ethyl adjacent to an activating group) is 1. The van der Waals surface area contributed by atoms with Gasteiger partial charge in [0.2, 0.25) is 5.82 Å². The van der Waals surface area contributed by atoms with Crippen molar-refractivity contribution in [3.8, 4) is 34.7 Å². The maximum absolute atomic E-state index is 9.50. The van der Waals surface area contributed by atoms with E-state index in [9.17, 15) is 5.26 Å². The molecule has 0 fully saturated rings. The van der Waals surface area contributed by atoms with Crippen LogP contribution in [0.4, 0.5) is 0 Å².